The average Bonchev–Trinajstić information content (AvgIpc) is 2.61. The minimum atomic E-state index is -1.31. The molecule has 0 amide bonds. The molecular formula is C18H23N3O4. The van der Waals surface area contributed by atoms with E-state index in [1.54, 1.807) is 12.1 Å². The van der Waals surface area contributed by atoms with Gasteiger partial charge in [0.15, 0.2) is 0 Å². The summed E-state index contributed by atoms with van der Waals surface area (Å²) in [5.41, 5.74) is -0.120. The third kappa shape index (κ3) is 3.88. The molecule has 0 unspecified atom stereocenters. The van der Waals surface area contributed by atoms with E-state index in [-0.39, 0.29) is 17.8 Å². The molecule has 1 aromatic heterocycles. The van der Waals surface area contributed by atoms with Gasteiger partial charge < -0.3 is 10.1 Å². The fraction of sp³-hybridized carbons (Fsp3) is 0.389. The summed E-state index contributed by atoms with van der Waals surface area (Å²) in [5, 5.41) is 9.37. The first-order valence-electron chi connectivity index (χ1n) is 8.36. The molecule has 1 heterocycles. The summed E-state index contributed by atoms with van der Waals surface area (Å²) in [6, 6.07) is 7.07. The monoisotopic (exact) mass is 345 g/mol. The number of carboxylic acid groups (broad SMARTS) is 1. The van der Waals surface area contributed by atoms with Gasteiger partial charge in [0, 0.05) is 6.54 Å². The first-order valence-corrected chi connectivity index (χ1v) is 8.36. The Morgan fingerprint density at radius 1 is 1.12 bits per heavy atom. The molecule has 0 atom stereocenters. The van der Waals surface area contributed by atoms with Crippen LogP contribution in [0.5, 0.6) is 0 Å². The van der Waals surface area contributed by atoms with Crippen molar-refractivity contribution in [3.05, 3.63) is 61.9 Å². The number of rotatable bonds is 7. The Morgan fingerprint density at radius 3 is 2.20 bits per heavy atom. The van der Waals surface area contributed by atoms with Gasteiger partial charge in [-0.25, -0.2) is 14.2 Å². The van der Waals surface area contributed by atoms with Crippen molar-refractivity contribution in [3.63, 3.8) is 0 Å². The van der Waals surface area contributed by atoms with Gasteiger partial charge in [-0.2, -0.15) is 0 Å². The standard InChI is InChI=1S/C18H23N3O4/c1-4-12-7-9-13(10-8-12)21-16(22)14(11-20(5-2)6-3)15(17(23)24)19-18(21)25/h7-10H,4-6,11H2,1-3H3,(H,19,25)(H,23,24). The van der Waals surface area contributed by atoms with Crippen molar-refractivity contribution in [2.45, 2.75) is 33.7 Å². The molecule has 2 N–H and O–H groups in total. The number of benzene rings is 1. The van der Waals surface area contributed by atoms with Gasteiger partial charge in [-0.15, -0.1) is 0 Å². The van der Waals surface area contributed by atoms with Crippen LogP contribution in [0.1, 0.15) is 42.4 Å². The van der Waals surface area contributed by atoms with Gasteiger partial charge in [0.1, 0.15) is 5.69 Å². The zero-order valence-corrected chi connectivity index (χ0v) is 14.7. The van der Waals surface area contributed by atoms with Crippen LogP contribution in [-0.4, -0.2) is 38.6 Å². The van der Waals surface area contributed by atoms with E-state index in [1.165, 1.54) is 0 Å². The van der Waals surface area contributed by atoms with Crippen molar-refractivity contribution >= 4 is 5.97 Å². The summed E-state index contributed by atoms with van der Waals surface area (Å²) in [4.78, 5) is 41.0. The number of hydrogen-bond donors (Lipinski definition) is 2. The van der Waals surface area contributed by atoms with Gasteiger partial charge in [-0.1, -0.05) is 32.9 Å². The van der Waals surface area contributed by atoms with Gasteiger partial charge in [0.25, 0.3) is 5.56 Å². The van der Waals surface area contributed by atoms with Crippen LogP contribution in [0.4, 0.5) is 0 Å². The Bertz CT molecular complexity index is 861. The van der Waals surface area contributed by atoms with Crippen LogP contribution in [-0.2, 0) is 13.0 Å². The molecule has 7 nitrogen and oxygen atoms in total. The lowest BCUT2D eigenvalue weighted by atomic mass is 10.1. The Kier molecular flexibility index (Phi) is 5.93. The highest BCUT2D eigenvalue weighted by atomic mass is 16.4. The lowest BCUT2D eigenvalue weighted by molar-refractivity contribution is 0.0686. The molecule has 7 heteroatoms. The molecule has 0 spiro atoms. The highest BCUT2D eigenvalue weighted by molar-refractivity contribution is 5.86. The zero-order chi connectivity index (χ0) is 18.6. The molecule has 0 aliphatic rings. The maximum absolute atomic E-state index is 12.9. The molecule has 1 aromatic carbocycles. The molecule has 25 heavy (non-hydrogen) atoms. The lowest BCUT2D eigenvalue weighted by Crippen LogP contribution is -2.40. The summed E-state index contributed by atoms with van der Waals surface area (Å²) >= 11 is 0. The topological polar surface area (TPSA) is 95.4 Å². The molecule has 0 saturated carbocycles. The van der Waals surface area contributed by atoms with Gasteiger partial charge in [0.05, 0.1) is 11.3 Å². The predicted molar refractivity (Wildman–Crippen MR) is 95.6 cm³/mol. The van der Waals surface area contributed by atoms with E-state index < -0.39 is 17.2 Å². The minimum Gasteiger partial charge on any atom is -0.477 e. The molecule has 0 fully saturated rings. The van der Waals surface area contributed by atoms with Crippen LogP contribution in [0.3, 0.4) is 0 Å². The molecule has 0 aliphatic heterocycles. The fourth-order valence-corrected chi connectivity index (χ4v) is 2.69. The second kappa shape index (κ2) is 7.94. The molecule has 0 aliphatic carbocycles. The Labute approximate surface area is 145 Å². The number of aromatic amines is 1. The van der Waals surface area contributed by atoms with E-state index in [2.05, 4.69) is 4.98 Å². The van der Waals surface area contributed by atoms with E-state index in [1.807, 2.05) is 37.8 Å². The fourth-order valence-electron chi connectivity index (χ4n) is 2.69. The minimum absolute atomic E-state index is 0.0790. The third-order valence-electron chi connectivity index (χ3n) is 4.29. The van der Waals surface area contributed by atoms with Gasteiger partial charge in [-0.05, 0) is 37.2 Å². The van der Waals surface area contributed by atoms with Crippen molar-refractivity contribution < 1.29 is 9.90 Å². The maximum atomic E-state index is 12.9. The quantitative estimate of drug-likeness (QED) is 0.795. The molecule has 2 aromatic rings. The largest absolute Gasteiger partial charge is 0.477 e. The molecule has 0 radical (unpaired) electrons. The zero-order valence-electron chi connectivity index (χ0n) is 14.7. The highest BCUT2D eigenvalue weighted by Gasteiger charge is 2.21. The van der Waals surface area contributed by atoms with Crippen LogP contribution >= 0.6 is 0 Å². The molecule has 2 rings (SSSR count). The average molecular weight is 345 g/mol. The number of carbonyl (C=O) groups is 1. The van der Waals surface area contributed by atoms with Crippen LogP contribution in [0.15, 0.2) is 33.9 Å². The summed E-state index contributed by atoms with van der Waals surface area (Å²) in [6.07, 6.45) is 0.844. The first-order chi connectivity index (χ1) is 11.9. The van der Waals surface area contributed by atoms with Gasteiger partial charge in [0.2, 0.25) is 0 Å². The van der Waals surface area contributed by atoms with Gasteiger partial charge in [-0.3, -0.25) is 9.69 Å². The second-order valence-electron chi connectivity index (χ2n) is 5.71. The molecule has 134 valence electrons. The van der Waals surface area contributed by atoms with Crippen LogP contribution in [0, 0.1) is 0 Å². The number of carboxylic acids is 1. The molecule has 0 bridgehead atoms. The normalized spacial score (nSPS) is 11.0. The van der Waals surface area contributed by atoms with Crippen LogP contribution < -0.4 is 11.2 Å². The number of aryl methyl sites for hydroxylation is 1. The Balaban J connectivity index is 2.67. The van der Waals surface area contributed by atoms with E-state index in [0.717, 1.165) is 16.6 Å². The lowest BCUT2D eigenvalue weighted by Gasteiger charge is -2.19. The van der Waals surface area contributed by atoms with Crippen molar-refractivity contribution in [1.29, 1.82) is 0 Å². The number of nitrogens with zero attached hydrogens (tertiary/aromatic N) is 2. The highest BCUT2D eigenvalue weighted by Crippen LogP contribution is 2.09. The summed E-state index contributed by atoms with van der Waals surface area (Å²) in [7, 11) is 0. The van der Waals surface area contributed by atoms with Crippen molar-refractivity contribution in [2.24, 2.45) is 0 Å². The number of hydrogen-bond acceptors (Lipinski definition) is 4. The maximum Gasteiger partial charge on any atom is 0.352 e. The van der Waals surface area contributed by atoms with Gasteiger partial charge >= 0.3 is 11.7 Å². The summed E-state index contributed by atoms with van der Waals surface area (Å²) in [5.74, 6) is -1.31. The number of aromatic nitrogens is 2. The van der Waals surface area contributed by atoms with Crippen molar-refractivity contribution in [2.75, 3.05) is 13.1 Å². The van der Waals surface area contributed by atoms with E-state index in [4.69, 9.17) is 0 Å². The molecular weight excluding hydrogens is 322 g/mol. The third-order valence-corrected chi connectivity index (χ3v) is 4.29. The number of nitrogens with one attached hydrogen (secondary N) is 1. The van der Waals surface area contributed by atoms with Crippen LogP contribution in [0.25, 0.3) is 5.69 Å². The van der Waals surface area contributed by atoms with E-state index >= 15 is 0 Å². The van der Waals surface area contributed by atoms with E-state index in [0.29, 0.717) is 18.8 Å². The first kappa shape index (κ1) is 18.7. The number of H-pyrrole nitrogens is 1. The summed E-state index contributed by atoms with van der Waals surface area (Å²) < 4.78 is 0.991. The number of aromatic carboxylic acids is 1. The van der Waals surface area contributed by atoms with Crippen molar-refractivity contribution in [1.82, 2.24) is 14.5 Å². The summed E-state index contributed by atoms with van der Waals surface area (Å²) in [6.45, 7) is 7.36. The second-order valence-corrected chi connectivity index (χ2v) is 5.71. The SMILES string of the molecule is CCc1ccc(-n2c(=O)[nH]c(C(=O)O)c(CN(CC)CC)c2=O)cc1. The van der Waals surface area contributed by atoms with E-state index in [9.17, 15) is 19.5 Å². The predicted octanol–water partition coefficient (Wildman–Crippen LogP) is 1.63. The molecule has 0 saturated heterocycles. The van der Waals surface area contributed by atoms with Crippen molar-refractivity contribution in [3.8, 4) is 5.69 Å². The smallest absolute Gasteiger partial charge is 0.352 e. The Hall–Kier alpha value is -2.67. The van der Waals surface area contributed by atoms with Crippen LogP contribution in [0.2, 0.25) is 0 Å². The Morgan fingerprint density at radius 2 is 1.72 bits per heavy atom.